The summed E-state index contributed by atoms with van der Waals surface area (Å²) in [6.07, 6.45) is 1.64. The molecule has 0 saturated heterocycles. The Morgan fingerprint density at radius 3 is 3.06 bits per heavy atom. The zero-order valence-corrected chi connectivity index (χ0v) is 10.1. The van der Waals surface area contributed by atoms with Crippen molar-refractivity contribution < 1.29 is 5.21 Å². The van der Waals surface area contributed by atoms with Crippen LogP contribution >= 0.6 is 11.6 Å². The van der Waals surface area contributed by atoms with E-state index in [9.17, 15) is 4.79 Å². The van der Waals surface area contributed by atoms with Crippen LogP contribution in [0.2, 0.25) is 5.02 Å². The van der Waals surface area contributed by atoms with Crippen LogP contribution in [0, 0.1) is 0 Å². The number of nitrogens with two attached hydrogens (primary N) is 1. The van der Waals surface area contributed by atoms with Crippen LogP contribution in [0.4, 0.5) is 5.82 Å². The van der Waals surface area contributed by atoms with Crippen LogP contribution in [0.1, 0.15) is 13.3 Å². The molecule has 1 rings (SSSR count). The number of rotatable bonds is 5. The highest BCUT2D eigenvalue weighted by Gasteiger charge is 2.13. The lowest BCUT2D eigenvalue weighted by atomic mass is 10.3. The van der Waals surface area contributed by atoms with E-state index in [0.29, 0.717) is 25.3 Å². The van der Waals surface area contributed by atoms with Crippen LogP contribution in [0.25, 0.3) is 0 Å². The third kappa shape index (κ3) is 3.35. The van der Waals surface area contributed by atoms with E-state index in [1.54, 1.807) is 4.90 Å². The zero-order valence-electron chi connectivity index (χ0n) is 9.35. The molecule has 0 atom stereocenters. The number of H-pyrrole nitrogens is 1. The fourth-order valence-corrected chi connectivity index (χ4v) is 1.53. The second-order valence-corrected chi connectivity index (χ2v) is 3.67. The van der Waals surface area contributed by atoms with Gasteiger partial charge in [0.05, 0.1) is 6.33 Å². The van der Waals surface area contributed by atoms with Crippen molar-refractivity contribution >= 4 is 23.3 Å². The molecule has 17 heavy (non-hydrogen) atoms. The number of hydrogen-bond donors (Lipinski definition) is 3. The fourth-order valence-electron chi connectivity index (χ4n) is 1.31. The Morgan fingerprint density at radius 1 is 1.76 bits per heavy atom. The van der Waals surface area contributed by atoms with E-state index in [1.807, 2.05) is 6.92 Å². The van der Waals surface area contributed by atoms with Crippen molar-refractivity contribution in [3.05, 3.63) is 21.7 Å². The second-order valence-electron chi connectivity index (χ2n) is 3.29. The number of oxime groups is 1. The van der Waals surface area contributed by atoms with E-state index < -0.39 is 0 Å². The molecular weight excluding hydrogens is 246 g/mol. The van der Waals surface area contributed by atoms with Crippen molar-refractivity contribution in [2.75, 3.05) is 18.0 Å². The molecule has 0 radical (unpaired) electrons. The predicted molar refractivity (Wildman–Crippen MR) is 65.8 cm³/mol. The highest BCUT2D eigenvalue weighted by Crippen LogP contribution is 2.17. The van der Waals surface area contributed by atoms with Crippen LogP contribution in [0.3, 0.4) is 0 Å². The van der Waals surface area contributed by atoms with Crippen LogP contribution in [-0.4, -0.2) is 34.1 Å². The van der Waals surface area contributed by atoms with Gasteiger partial charge in [-0.3, -0.25) is 4.79 Å². The maximum atomic E-state index is 11.3. The third-order valence-electron chi connectivity index (χ3n) is 2.23. The molecule has 1 aromatic heterocycles. The number of nitrogens with zero attached hydrogens (tertiary/aromatic N) is 3. The average Bonchev–Trinajstić information content (AvgIpc) is 2.34. The average molecular weight is 260 g/mol. The number of halogens is 1. The first-order valence-electron chi connectivity index (χ1n) is 5.04. The van der Waals surface area contributed by atoms with E-state index in [2.05, 4.69) is 15.1 Å². The number of nitrogens with one attached hydrogen (secondary N) is 1. The molecule has 8 heteroatoms. The van der Waals surface area contributed by atoms with Gasteiger partial charge in [0.2, 0.25) is 0 Å². The van der Waals surface area contributed by atoms with Crippen molar-refractivity contribution in [1.82, 2.24) is 9.97 Å². The minimum Gasteiger partial charge on any atom is -0.409 e. The maximum Gasteiger partial charge on any atom is 0.271 e. The standard InChI is InChI=1S/C9H14ClN5O2/c1-2-15(4-3-6(11)14-17)8-7(10)9(16)13-5-12-8/h5,17H,2-4H2,1H3,(H2,11,14)(H,12,13,16). The highest BCUT2D eigenvalue weighted by atomic mass is 35.5. The molecule has 1 heterocycles. The van der Waals surface area contributed by atoms with E-state index in [0.717, 1.165) is 0 Å². The molecule has 7 nitrogen and oxygen atoms in total. The molecule has 0 saturated carbocycles. The molecule has 0 fully saturated rings. The Morgan fingerprint density at radius 2 is 2.47 bits per heavy atom. The molecule has 0 amide bonds. The third-order valence-corrected chi connectivity index (χ3v) is 2.57. The van der Waals surface area contributed by atoms with Crippen LogP contribution in [0.15, 0.2) is 16.3 Å². The quantitative estimate of drug-likeness (QED) is 0.307. The molecule has 0 aliphatic heterocycles. The lowest BCUT2D eigenvalue weighted by Gasteiger charge is -2.21. The van der Waals surface area contributed by atoms with Gasteiger partial charge in [0.15, 0.2) is 5.82 Å². The molecule has 0 aliphatic rings. The first-order chi connectivity index (χ1) is 8.10. The summed E-state index contributed by atoms with van der Waals surface area (Å²) >= 11 is 5.86. The normalized spacial score (nSPS) is 11.5. The number of aromatic amines is 1. The van der Waals surface area contributed by atoms with Crippen molar-refractivity contribution in [3.63, 3.8) is 0 Å². The Labute approximate surface area is 103 Å². The lowest BCUT2D eigenvalue weighted by molar-refractivity contribution is 0.317. The molecule has 0 aliphatic carbocycles. The van der Waals surface area contributed by atoms with Crippen molar-refractivity contribution in [3.8, 4) is 0 Å². The molecule has 94 valence electrons. The monoisotopic (exact) mass is 259 g/mol. The summed E-state index contributed by atoms with van der Waals surface area (Å²) in [5.41, 5.74) is 4.98. The van der Waals surface area contributed by atoms with E-state index >= 15 is 0 Å². The van der Waals surface area contributed by atoms with Gasteiger partial charge in [0.1, 0.15) is 10.9 Å². The Kier molecular flexibility index (Phi) is 4.77. The Balaban J connectivity index is 2.87. The SMILES string of the molecule is CCN(CCC(N)=NO)c1nc[nH]c(=O)c1Cl. The van der Waals surface area contributed by atoms with Gasteiger partial charge in [-0.2, -0.15) is 0 Å². The van der Waals surface area contributed by atoms with E-state index in [1.165, 1.54) is 6.33 Å². The molecule has 4 N–H and O–H groups in total. The summed E-state index contributed by atoms with van der Waals surface area (Å²) in [5, 5.41) is 11.3. The number of aromatic nitrogens is 2. The second kappa shape index (κ2) is 6.09. The molecule has 0 spiro atoms. The summed E-state index contributed by atoms with van der Waals surface area (Å²) in [6.45, 7) is 2.96. The largest absolute Gasteiger partial charge is 0.409 e. The Bertz CT molecular complexity index is 459. The van der Waals surface area contributed by atoms with Crippen LogP contribution in [-0.2, 0) is 0 Å². The van der Waals surface area contributed by atoms with E-state index in [4.69, 9.17) is 22.5 Å². The van der Waals surface area contributed by atoms with Crippen molar-refractivity contribution in [1.29, 1.82) is 0 Å². The predicted octanol–water partition coefficient (Wildman–Crippen LogP) is 0.386. The molecule has 1 aromatic rings. The zero-order chi connectivity index (χ0) is 12.8. The summed E-state index contributed by atoms with van der Waals surface area (Å²) < 4.78 is 0. The van der Waals surface area contributed by atoms with E-state index in [-0.39, 0.29) is 16.4 Å². The summed E-state index contributed by atoms with van der Waals surface area (Å²) in [5.74, 6) is 0.507. The minimum atomic E-state index is -0.390. The maximum absolute atomic E-state index is 11.3. The Hall–Kier alpha value is -1.76. The topological polar surface area (TPSA) is 108 Å². The smallest absolute Gasteiger partial charge is 0.271 e. The van der Waals surface area contributed by atoms with Gasteiger partial charge in [0, 0.05) is 19.5 Å². The lowest BCUT2D eigenvalue weighted by Crippen LogP contribution is -2.30. The highest BCUT2D eigenvalue weighted by molar-refractivity contribution is 6.32. The minimum absolute atomic E-state index is 0.0360. The van der Waals surface area contributed by atoms with Gasteiger partial charge in [0.25, 0.3) is 5.56 Å². The first kappa shape index (κ1) is 13.3. The summed E-state index contributed by atoms with van der Waals surface area (Å²) in [6, 6.07) is 0. The van der Waals surface area contributed by atoms with Gasteiger partial charge in [-0.25, -0.2) is 4.98 Å². The van der Waals surface area contributed by atoms with Gasteiger partial charge >= 0.3 is 0 Å². The fraction of sp³-hybridized carbons (Fsp3) is 0.444. The number of hydrogen-bond acceptors (Lipinski definition) is 5. The number of amidine groups is 1. The molecule has 0 unspecified atom stereocenters. The molecular formula is C9H14ClN5O2. The summed E-state index contributed by atoms with van der Waals surface area (Å²) in [4.78, 5) is 19.5. The van der Waals surface area contributed by atoms with Crippen molar-refractivity contribution in [2.45, 2.75) is 13.3 Å². The van der Waals surface area contributed by atoms with Gasteiger partial charge < -0.3 is 20.8 Å². The molecule has 0 bridgehead atoms. The molecule has 0 aromatic carbocycles. The van der Waals surface area contributed by atoms with Crippen LogP contribution in [0.5, 0.6) is 0 Å². The van der Waals surface area contributed by atoms with Gasteiger partial charge in [-0.1, -0.05) is 16.8 Å². The first-order valence-corrected chi connectivity index (χ1v) is 5.42. The number of anilines is 1. The van der Waals surface area contributed by atoms with Crippen molar-refractivity contribution in [2.24, 2.45) is 10.9 Å². The van der Waals surface area contributed by atoms with Crippen LogP contribution < -0.4 is 16.2 Å². The summed E-state index contributed by atoms with van der Waals surface area (Å²) in [7, 11) is 0. The van der Waals surface area contributed by atoms with Gasteiger partial charge in [-0.15, -0.1) is 0 Å². The van der Waals surface area contributed by atoms with Gasteiger partial charge in [-0.05, 0) is 6.92 Å².